The molecule has 0 saturated heterocycles. The summed E-state index contributed by atoms with van der Waals surface area (Å²) in [6.07, 6.45) is 0. The fourth-order valence-corrected chi connectivity index (χ4v) is 0. The topological polar surface area (TPSA) is 184 Å². The second kappa shape index (κ2) is 8.31. The van der Waals surface area contributed by atoms with E-state index in [2.05, 4.69) is 0 Å². The Hall–Kier alpha value is 0.700. The van der Waals surface area contributed by atoms with Crippen molar-refractivity contribution in [1.82, 2.24) is 6.15 Å². The Bertz CT molecular complexity index is 213. The molecule has 0 radical (unpaired) electrons. The molecule has 0 unspecified atom stereocenters. The first kappa shape index (κ1) is 23.0. The Kier molecular flexibility index (Phi) is 15.9. The predicted octanol–water partition coefficient (Wildman–Crippen LogP) is -1.79. The molecule has 0 bridgehead atoms. The molecule has 0 aromatic carbocycles. The van der Waals surface area contributed by atoms with Crippen molar-refractivity contribution in [3.63, 3.8) is 0 Å². The molecular weight excluding hydrogens is 229 g/mol. The average Bonchev–Trinajstić information content (AvgIpc) is 1.12. The molecule has 0 saturated carbocycles. The molecule has 74 valence electrons. The standard InChI is InChI=1S/H3N.Na.2H2O4S.H/c;;2*1-5(2,3)4;/h1H3;;2*(H2,1,2,3,4);. The first-order valence-electron chi connectivity index (χ1n) is 1.40. The minimum absolute atomic E-state index is 0. The molecule has 0 fully saturated rings. The summed E-state index contributed by atoms with van der Waals surface area (Å²) >= 11 is 0. The van der Waals surface area contributed by atoms with Crippen LogP contribution < -0.4 is 6.15 Å². The summed E-state index contributed by atoms with van der Waals surface area (Å²) in [6.45, 7) is 0. The van der Waals surface area contributed by atoms with Gasteiger partial charge in [-0.25, -0.2) is 0 Å². The van der Waals surface area contributed by atoms with Crippen molar-refractivity contribution in [2.24, 2.45) is 0 Å². The van der Waals surface area contributed by atoms with E-state index < -0.39 is 20.8 Å². The van der Waals surface area contributed by atoms with Crippen molar-refractivity contribution in [2.75, 3.05) is 0 Å². The molecule has 0 rings (SSSR count). The van der Waals surface area contributed by atoms with Crippen LogP contribution in [0.25, 0.3) is 0 Å². The maximum atomic E-state index is 8.74. The first-order valence-corrected chi connectivity index (χ1v) is 4.19. The summed E-state index contributed by atoms with van der Waals surface area (Å²) in [5, 5.41) is 0. The first-order chi connectivity index (χ1) is 4.00. The monoisotopic (exact) mass is 237 g/mol. The summed E-state index contributed by atoms with van der Waals surface area (Å²) in [6, 6.07) is 0. The SMILES string of the molecule is N.O=S(=O)(O)O.O=S(=O)(O)O.[NaH]. The van der Waals surface area contributed by atoms with Gasteiger partial charge in [0.05, 0.1) is 0 Å². The maximum absolute atomic E-state index is 8.74. The second-order valence-electron chi connectivity index (χ2n) is 0.896. The Morgan fingerprint density at radius 3 is 0.667 bits per heavy atom. The molecule has 12 heavy (non-hydrogen) atoms. The average molecular weight is 237 g/mol. The van der Waals surface area contributed by atoms with Crippen molar-refractivity contribution in [3.8, 4) is 0 Å². The van der Waals surface area contributed by atoms with E-state index >= 15 is 0 Å². The molecule has 0 aliphatic heterocycles. The van der Waals surface area contributed by atoms with E-state index in [4.69, 9.17) is 35.0 Å². The molecule has 12 heteroatoms. The fourth-order valence-electron chi connectivity index (χ4n) is 0. The Labute approximate surface area is 91.2 Å². The van der Waals surface area contributed by atoms with Crippen LogP contribution in [-0.2, 0) is 20.8 Å². The van der Waals surface area contributed by atoms with Crippen LogP contribution in [0.5, 0.6) is 0 Å². The van der Waals surface area contributed by atoms with Gasteiger partial charge in [-0.3, -0.25) is 18.2 Å². The normalized spacial score (nSPS) is 9.67. The van der Waals surface area contributed by atoms with Crippen LogP contribution in [0.3, 0.4) is 0 Å². The van der Waals surface area contributed by atoms with Gasteiger partial charge in [-0.05, 0) is 0 Å². The van der Waals surface area contributed by atoms with Crippen molar-refractivity contribution in [1.29, 1.82) is 0 Å². The van der Waals surface area contributed by atoms with Crippen LogP contribution in [0, 0.1) is 0 Å². The summed E-state index contributed by atoms with van der Waals surface area (Å²) in [4.78, 5) is 0. The fraction of sp³-hybridized carbons (Fsp3) is 0. The van der Waals surface area contributed by atoms with Gasteiger partial charge in [0.1, 0.15) is 0 Å². The van der Waals surface area contributed by atoms with E-state index in [1.807, 2.05) is 0 Å². The second-order valence-corrected chi connectivity index (χ2v) is 2.69. The predicted molar refractivity (Wildman–Crippen MR) is 40.5 cm³/mol. The molecule has 9 nitrogen and oxygen atoms in total. The van der Waals surface area contributed by atoms with Gasteiger partial charge in [0, 0.05) is 0 Å². The minimum atomic E-state index is -4.67. The van der Waals surface area contributed by atoms with E-state index in [-0.39, 0.29) is 35.7 Å². The molecule has 0 heterocycles. The van der Waals surface area contributed by atoms with Crippen LogP contribution in [0.2, 0.25) is 0 Å². The van der Waals surface area contributed by atoms with Crippen LogP contribution in [0.1, 0.15) is 0 Å². The molecular formula is H8NNaO8S2. The van der Waals surface area contributed by atoms with Crippen molar-refractivity contribution in [2.45, 2.75) is 0 Å². The molecule has 0 atom stereocenters. The van der Waals surface area contributed by atoms with Crippen molar-refractivity contribution in [3.05, 3.63) is 0 Å². The number of hydrogen-bond donors (Lipinski definition) is 5. The molecule has 0 spiro atoms. The summed E-state index contributed by atoms with van der Waals surface area (Å²) < 4.78 is 63.2. The summed E-state index contributed by atoms with van der Waals surface area (Å²) in [5.74, 6) is 0. The van der Waals surface area contributed by atoms with E-state index in [1.54, 1.807) is 0 Å². The van der Waals surface area contributed by atoms with Crippen LogP contribution in [0.15, 0.2) is 0 Å². The van der Waals surface area contributed by atoms with Gasteiger partial charge in [-0.2, -0.15) is 16.8 Å². The van der Waals surface area contributed by atoms with Crippen LogP contribution in [0.4, 0.5) is 0 Å². The zero-order chi connectivity index (χ0) is 9.00. The third-order valence-electron chi connectivity index (χ3n) is 0. The summed E-state index contributed by atoms with van der Waals surface area (Å²) in [5.41, 5.74) is 0. The van der Waals surface area contributed by atoms with Gasteiger partial charge < -0.3 is 6.15 Å². The van der Waals surface area contributed by atoms with Gasteiger partial charge in [-0.15, -0.1) is 0 Å². The van der Waals surface area contributed by atoms with Crippen molar-refractivity contribution >= 4 is 50.4 Å². The Balaban J connectivity index is -0.0000000457. The molecule has 0 aliphatic rings. The third kappa shape index (κ3) is 2050. The molecule has 0 amide bonds. The van der Waals surface area contributed by atoms with Crippen LogP contribution in [-0.4, -0.2) is 64.6 Å². The van der Waals surface area contributed by atoms with Gasteiger partial charge in [0.15, 0.2) is 0 Å². The van der Waals surface area contributed by atoms with E-state index in [9.17, 15) is 0 Å². The molecule has 7 N–H and O–H groups in total. The molecule has 0 aromatic heterocycles. The van der Waals surface area contributed by atoms with Gasteiger partial charge in [-0.1, -0.05) is 0 Å². The number of rotatable bonds is 0. The Morgan fingerprint density at radius 2 is 0.667 bits per heavy atom. The zero-order valence-corrected chi connectivity index (χ0v) is 6.58. The third-order valence-corrected chi connectivity index (χ3v) is 0. The van der Waals surface area contributed by atoms with E-state index in [1.165, 1.54) is 0 Å². The van der Waals surface area contributed by atoms with Crippen molar-refractivity contribution < 1.29 is 35.0 Å². The molecule has 0 aliphatic carbocycles. The van der Waals surface area contributed by atoms with E-state index in [0.717, 1.165) is 0 Å². The van der Waals surface area contributed by atoms with Gasteiger partial charge in [0.2, 0.25) is 0 Å². The summed E-state index contributed by atoms with van der Waals surface area (Å²) in [7, 11) is -9.33. The molecule has 0 aromatic rings. The van der Waals surface area contributed by atoms with E-state index in [0.29, 0.717) is 0 Å². The Morgan fingerprint density at radius 1 is 0.667 bits per heavy atom. The number of hydrogen-bond acceptors (Lipinski definition) is 5. The van der Waals surface area contributed by atoms with Gasteiger partial charge in [0.25, 0.3) is 0 Å². The zero-order valence-electron chi connectivity index (χ0n) is 4.95. The van der Waals surface area contributed by atoms with Gasteiger partial charge >= 0.3 is 50.4 Å². The van der Waals surface area contributed by atoms with Crippen LogP contribution >= 0.6 is 0 Å². The quantitative estimate of drug-likeness (QED) is 0.239.